The zero-order valence-electron chi connectivity index (χ0n) is 15.5. The summed E-state index contributed by atoms with van der Waals surface area (Å²) in [5, 5.41) is 7.00. The number of nitrogens with zero attached hydrogens (tertiary/aromatic N) is 2. The molecule has 2 N–H and O–H groups in total. The number of ether oxygens (including phenoxy) is 1. The molecule has 29 heavy (non-hydrogen) atoms. The second-order valence-electron chi connectivity index (χ2n) is 8.01. The average molecular weight is 437 g/mol. The van der Waals surface area contributed by atoms with Crippen LogP contribution < -0.4 is 4.72 Å². The maximum absolute atomic E-state index is 12.7. The first-order valence-corrected chi connectivity index (χ1v) is 11.5. The van der Waals surface area contributed by atoms with Crippen molar-refractivity contribution in [3.05, 3.63) is 47.2 Å². The van der Waals surface area contributed by atoms with E-state index < -0.39 is 10.0 Å². The summed E-state index contributed by atoms with van der Waals surface area (Å²) >= 11 is 5.85. The van der Waals surface area contributed by atoms with Crippen molar-refractivity contribution in [1.82, 2.24) is 19.8 Å². The quantitative estimate of drug-likeness (QED) is 0.741. The smallest absolute Gasteiger partial charge is 0.257 e. The van der Waals surface area contributed by atoms with Crippen molar-refractivity contribution in [1.29, 1.82) is 0 Å². The molecule has 10 heteroatoms. The number of hydrogen-bond donors (Lipinski definition) is 2. The number of H-pyrrole nitrogens is 1. The molecule has 2 bridgehead atoms. The van der Waals surface area contributed by atoms with E-state index in [1.54, 1.807) is 23.2 Å². The third kappa shape index (κ3) is 3.16. The van der Waals surface area contributed by atoms with Crippen LogP contribution in [0.4, 0.5) is 0 Å². The first kappa shape index (κ1) is 19.0. The minimum Gasteiger partial charge on any atom is -0.369 e. The lowest BCUT2D eigenvalue weighted by Crippen LogP contribution is -2.41. The Morgan fingerprint density at radius 1 is 1.38 bits per heavy atom. The predicted molar refractivity (Wildman–Crippen MR) is 105 cm³/mol. The number of likely N-dealkylation sites (tertiary alicyclic amines) is 1. The van der Waals surface area contributed by atoms with Gasteiger partial charge in [0.1, 0.15) is 0 Å². The molecule has 4 atom stereocenters. The van der Waals surface area contributed by atoms with Crippen LogP contribution in [-0.4, -0.2) is 60.8 Å². The largest absolute Gasteiger partial charge is 0.369 e. The van der Waals surface area contributed by atoms with E-state index in [2.05, 4.69) is 14.9 Å². The lowest BCUT2D eigenvalue weighted by Gasteiger charge is -2.29. The van der Waals surface area contributed by atoms with Gasteiger partial charge in [-0.1, -0.05) is 11.6 Å². The SMILES string of the molecule is O=C(c1cn[nH]c1)N1C[C@@H]2[C@H](CNS(=O)(=O)c3ccc(Cl)cc3)[C@H]3CC[C@]2(C1)O3. The zero-order chi connectivity index (χ0) is 20.2. The number of amides is 1. The standard InChI is InChI=1S/C19H21ClN4O4S/c20-13-1-3-14(4-2-13)29(26,27)23-9-15-16-10-24(18(25)12-7-21-22-8-12)11-19(16)6-5-17(15)28-19/h1-4,7-8,15-17,23H,5-6,9-11H2,(H,21,22)/t15-,16+,17+,19+/m0/s1. The van der Waals surface area contributed by atoms with Crippen LogP contribution in [0.1, 0.15) is 23.2 Å². The fraction of sp³-hybridized carbons (Fsp3) is 0.474. The predicted octanol–water partition coefficient (Wildman–Crippen LogP) is 1.66. The molecule has 4 heterocycles. The van der Waals surface area contributed by atoms with Gasteiger partial charge < -0.3 is 9.64 Å². The molecule has 3 saturated heterocycles. The van der Waals surface area contributed by atoms with Crippen LogP contribution in [0.15, 0.2) is 41.6 Å². The van der Waals surface area contributed by atoms with E-state index in [1.807, 2.05) is 0 Å². The van der Waals surface area contributed by atoms with Crippen molar-refractivity contribution in [3.63, 3.8) is 0 Å². The molecular formula is C19H21ClN4O4S. The summed E-state index contributed by atoms with van der Waals surface area (Å²) in [6.07, 6.45) is 4.92. The minimum atomic E-state index is -3.63. The lowest BCUT2D eigenvalue weighted by molar-refractivity contribution is 0.00325. The fourth-order valence-electron chi connectivity index (χ4n) is 5.07. The fourth-order valence-corrected chi connectivity index (χ4v) is 6.27. The Labute approximate surface area is 173 Å². The summed E-state index contributed by atoms with van der Waals surface area (Å²) in [5.41, 5.74) is 0.163. The molecule has 2 aromatic rings. The number of rotatable bonds is 5. The van der Waals surface area contributed by atoms with Crippen molar-refractivity contribution in [2.45, 2.75) is 29.4 Å². The van der Waals surface area contributed by atoms with Gasteiger partial charge in [-0.15, -0.1) is 0 Å². The van der Waals surface area contributed by atoms with Crippen LogP contribution in [0.2, 0.25) is 5.02 Å². The highest BCUT2D eigenvalue weighted by molar-refractivity contribution is 7.89. The van der Waals surface area contributed by atoms with Gasteiger partial charge in [-0.05, 0) is 37.1 Å². The van der Waals surface area contributed by atoms with Gasteiger partial charge in [0.15, 0.2) is 0 Å². The third-order valence-electron chi connectivity index (χ3n) is 6.45. The zero-order valence-corrected chi connectivity index (χ0v) is 17.1. The topological polar surface area (TPSA) is 104 Å². The van der Waals surface area contributed by atoms with Crippen LogP contribution in [0.5, 0.6) is 0 Å². The van der Waals surface area contributed by atoms with Gasteiger partial charge in [-0.25, -0.2) is 13.1 Å². The highest BCUT2D eigenvalue weighted by Gasteiger charge is 2.63. The number of halogens is 1. The molecule has 0 aliphatic carbocycles. The Hall–Kier alpha value is -1.94. The third-order valence-corrected chi connectivity index (χ3v) is 8.14. The maximum atomic E-state index is 12.7. The van der Waals surface area contributed by atoms with Crippen LogP contribution in [0, 0.1) is 11.8 Å². The van der Waals surface area contributed by atoms with E-state index in [0.717, 1.165) is 12.8 Å². The minimum absolute atomic E-state index is 0.0269. The molecule has 8 nitrogen and oxygen atoms in total. The highest BCUT2D eigenvalue weighted by atomic mass is 35.5. The van der Waals surface area contributed by atoms with Crippen molar-refractivity contribution >= 4 is 27.5 Å². The Kier molecular flexibility index (Phi) is 4.47. The summed E-state index contributed by atoms with van der Waals surface area (Å²) in [7, 11) is -3.63. The maximum Gasteiger partial charge on any atom is 0.257 e. The monoisotopic (exact) mass is 436 g/mol. The molecule has 154 valence electrons. The van der Waals surface area contributed by atoms with Crippen LogP contribution in [0.3, 0.4) is 0 Å². The van der Waals surface area contributed by atoms with Gasteiger partial charge in [0.2, 0.25) is 10.0 Å². The molecule has 0 radical (unpaired) electrons. The molecule has 3 fully saturated rings. The Bertz CT molecular complexity index is 1030. The van der Waals surface area contributed by atoms with Crippen molar-refractivity contribution < 1.29 is 17.9 Å². The number of sulfonamides is 1. The number of carbonyl (C=O) groups is 1. The molecule has 3 aliphatic rings. The van der Waals surface area contributed by atoms with Crippen molar-refractivity contribution in [3.8, 4) is 0 Å². The lowest BCUT2D eigenvalue weighted by atomic mass is 9.74. The van der Waals surface area contributed by atoms with E-state index in [4.69, 9.17) is 16.3 Å². The number of hydrogen-bond acceptors (Lipinski definition) is 5. The number of fused-ring (bicyclic) bond motifs is 1. The number of aromatic amines is 1. The Balaban J connectivity index is 1.31. The van der Waals surface area contributed by atoms with Gasteiger partial charge >= 0.3 is 0 Å². The molecule has 1 amide bonds. The number of benzene rings is 1. The summed E-state index contributed by atoms with van der Waals surface area (Å²) in [5.74, 6) is 0.0769. The van der Waals surface area contributed by atoms with Gasteiger partial charge in [-0.3, -0.25) is 9.89 Å². The number of nitrogens with one attached hydrogen (secondary N) is 2. The van der Waals surface area contributed by atoms with Gasteiger partial charge in [0.05, 0.1) is 34.9 Å². The van der Waals surface area contributed by atoms with Gasteiger partial charge in [0, 0.05) is 36.1 Å². The first-order chi connectivity index (χ1) is 13.9. The van der Waals surface area contributed by atoms with Crippen LogP contribution >= 0.6 is 11.6 Å². The molecular weight excluding hydrogens is 416 g/mol. The summed E-state index contributed by atoms with van der Waals surface area (Å²) in [6.45, 7) is 1.39. The van der Waals surface area contributed by atoms with Crippen molar-refractivity contribution in [2.24, 2.45) is 11.8 Å². The highest BCUT2D eigenvalue weighted by Crippen LogP contribution is 2.54. The number of carbonyl (C=O) groups excluding carboxylic acids is 1. The molecule has 1 spiro atoms. The Morgan fingerprint density at radius 3 is 2.90 bits per heavy atom. The molecule has 3 aliphatic heterocycles. The molecule has 1 aromatic heterocycles. The van der Waals surface area contributed by atoms with E-state index >= 15 is 0 Å². The molecule has 5 rings (SSSR count). The van der Waals surface area contributed by atoms with E-state index in [-0.39, 0.29) is 40.9 Å². The molecule has 0 unspecified atom stereocenters. The second-order valence-corrected chi connectivity index (χ2v) is 10.2. The van der Waals surface area contributed by atoms with E-state index in [9.17, 15) is 13.2 Å². The first-order valence-electron chi connectivity index (χ1n) is 9.59. The second kappa shape index (κ2) is 6.80. The number of aromatic nitrogens is 2. The van der Waals surface area contributed by atoms with Gasteiger partial charge in [0.25, 0.3) is 5.91 Å². The van der Waals surface area contributed by atoms with E-state index in [1.165, 1.54) is 18.3 Å². The summed E-state index contributed by atoms with van der Waals surface area (Å²) < 4.78 is 34.4. The molecule has 0 saturated carbocycles. The summed E-state index contributed by atoms with van der Waals surface area (Å²) in [6, 6.07) is 6.10. The van der Waals surface area contributed by atoms with Gasteiger partial charge in [-0.2, -0.15) is 5.10 Å². The van der Waals surface area contributed by atoms with Crippen LogP contribution in [-0.2, 0) is 14.8 Å². The van der Waals surface area contributed by atoms with Crippen molar-refractivity contribution in [2.75, 3.05) is 19.6 Å². The Morgan fingerprint density at radius 2 is 2.17 bits per heavy atom. The normalized spacial score (nSPS) is 30.7. The van der Waals surface area contributed by atoms with E-state index in [0.29, 0.717) is 23.7 Å². The average Bonchev–Trinajstić information content (AvgIpc) is 3.46. The van der Waals surface area contributed by atoms with Crippen LogP contribution in [0.25, 0.3) is 0 Å². The summed E-state index contributed by atoms with van der Waals surface area (Å²) in [4.78, 5) is 14.7. The molecule has 1 aromatic carbocycles.